The normalized spacial score (nSPS) is 11.7. The first-order valence-electron chi connectivity index (χ1n) is 9.20. The van der Waals surface area contributed by atoms with Crippen LogP contribution in [0.25, 0.3) is 0 Å². The topological polar surface area (TPSA) is 55.8 Å². The van der Waals surface area contributed by atoms with E-state index < -0.39 is 29.4 Å². The highest BCUT2D eigenvalue weighted by Crippen LogP contribution is 2.29. The second-order valence-electron chi connectivity index (χ2n) is 7.72. The smallest absolute Gasteiger partial charge is 0.416 e. The molecule has 0 heterocycles. The maximum Gasteiger partial charge on any atom is 0.416 e. The Morgan fingerprint density at radius 3 is 1.73 bits per heavy atom. The first-order chi connectivity index (χ1) is 13.9. The molecule has 0 aliphatic heterocycles. The summed E-state index contributed by atoms with van der Waals surface area (Å²) in [7, 11) is 1.28. The molecule has 0 aliphatic carbocycles. The summed E-state index contributed by atoms with van der Waals surface area (Å²) in [5.41, 5.74) is 0.131. The van der Waals surface area contributed by atoms with Crippen LogP contribution in [0.5, 0.6) is 0 Å². The summed E-state index contributed by atoms with van der Waals surface area (Å²) in [4.78, 5) is 25.6. The summed E-state index contributed by atoms with van der Waals surface area (Å²) < 4.78 is 48.4. The van der Waals surface area contributed by atoms with Gasteiger partial charge in [0, 0.05) is 13.1 Å². The van der Waals surface area contributed by atoms with Gasteiger partial charge in [0.25, 0.3) is 0 Å². The summed E-state index contributed by atoms with van der Waals surface area (Å²) in [6.07, 6.45) is -5.02. The molecule has 30 heavy (non-hydrogen) atoms. The van der Waals surface area contributed by atoms with Gasteiger partial charge in [-0.25, -0.2) is 9.59 Å². The molecule has 0 bridgehead atoms. The van der Waals surface area contributed by atoms with Gasteiger partial charge in [-0.2, -0.15) is 13.2 Å². The average molecular weight is 423 g/mol. The van der Waals surface area contributed by atoms with Crippen molar-refractivity contribution in [1.82, 2.24) is 4.90 Å². The van der Waals surface area contributed by atoms with Crippen LogP contribution in [0.3, 0.4) is 0 Å². The monoisotopic (exact) mass is 423 g/mol. The van der Waals surface area contributed by atoms with Crippen molar-refractivity contribution in [3.05, 3.63) is 70.8 Å². The van der Waals surface area contributed by atoms with Gasteiger partial charge in [-0.1, -0.05) is 24.3 Å². The number of methoxy groups -OCH3 is 1. The highest BCUT2D eigenvalue weighted by molar-refractivity contribution is 5.89. The minimum Gasteiger partial charge on any atom is -0.465 e. The molecule has 0 aromatic heterocycles. The summed E-state index contributed by atoms with van der Waals surface area (Å²) in [5.74, 6) is -0.477. The van der Waals surface area contributed by atoms with Crippen LogP contribution in [0.15, 0.2) is 48.5 Å². The Morgan fingerprint density at radius 1 is 0.867 bits per heavy atom. The number of amides is 1. The molecule has 2 aromatic rings. The predicted molar refractivity (Wildman–Crippen MR) is 105 cm³/mol. The van der Waals surface area contributed by atoms with E-state index in [0.29, 0.717) is 11.1 Å². The van der Waals surface area contributed by atoms with Crippen molar-refractivity contribution in [2.75, 3.05) is 7.11 Å². The summed E-state index contributed by atoms with van der Waals surface area (Å²) in [5, 5.41) is 0. The summed E-state index contributed by atoms with van der Waals surface area (Å²) in [6, 6.07) is 11.1. The van der Waals surface area contributed by atoms with E-state index in [1.54, 1.807) is 45.0 Å². The fourth-order valence-electron chi connectivity index (χ4n) is 2.62. The molecule has 0 saturated carbocycles. The van der Waals surface area contributed by atoms with Crippen LogP contribution in [-0.4, -0.2) is 29.7 Å². The third-order valence-electron chi connectivity index (χ3n) is 4.05. The number of rotatable bonds is 5. The molecule has 2 rings (SSSR count). The number of carbonyl (C=O) groups excluding carboxylic acids is 2. The van der Waals surface area contributed by atoms with Crippen LogP contribution in [-0.2, 0) is 28.7 Å². The van der Waals surface area contributed by atoms with Crippen molar-refractivity contribution in [2.45, 2.75) is 45.6 Å². The van der Waals surface area contributed by atoms with E-state index in [1.807, 2.05) is 0 Å². The number of hydrogen-bond donors (Lipinski definition) is 0. The number of halogens is 3. The van der Waals surface area contributed by atoms with Crippen molar-refractivity contribution >= 4 is 12.1 Å². The lowest BCUT2D eigenvalue weighted by Crippen LogP contribution is -2.36. The lowest BCUT2D eigenvalue weighted by molar-refractivity contribution is -0.137. The lowest BCUT2D eigenvalue weighted by atomic mass is 10.1. The molecule has 162 valence electrons. The molecule has 8 heteroatoms. The van der Waals surface area contributed by atoms with Crippen LogP contribution in [0.4, 0.5) is 18.0 Å². The minimum atomic E-state index is -4.43. The second kappa shape index (κ2) is 9.19. The zero-order valence-electron chi connectivity index (χ0n) is 17.2. The largest absolute Gasteiger partial charge is 0.465 e. The average Bonchev–Trinajstić information content (AvgIpc) is 2.66. The zero-order valence-corrected chi connectivity index (χ0v) is 17.2. The van der Waals surface area contributed by atoms with Crippen molar-refractivity contribution in [3.63, 3.8) is 0 Å². The van der Waals surface area contributed by atoms with Gasteiger partial charge >= 0.3 is 18.2 Å². The maximum atomic E-state index is 12.8. The number of alkyl halides is 3. The van der Waals surface area contributed by atoms with Crippen LogP contribution >= 0.6 is 0 Å². The highest BCUT2D eigenvalue weighted by Gasteiger charge is 2.30. The van der Waals surface area contributed by atoms with E-state index in [2.05, 4.69) is 4.74 Å². The van der Waals surface area contributed by atoms with Gasteiger partial charge in [0.15, 0.2) is 0 Å². The molecule has 0 fully saturated rings. The first kappa shape index (κ1) is 23.3. The Hall–Kier alpha value is -3.03. The molecule has 0 spiro atoms. The number of carbonyl (C=O) groups is 2. The van der Waals surface area contributed by atoms with Crippen LogP contribution in [0, 0.1) is 0 Å². The van der Waals surface area contributed by atoms with Crippen LogP contribution in [0.1, 0.15) is 47.8 Å². The van der Waals surface area contributed by atoms with Crippen molar-refractivity contribution in [2.24, 2.45) is 0 Å². The molecule has 0 saturated heterocycles. The van der Waals surface area contributed by atoms with E-state index in [4.69, 9.17) is 4.74 Å². The van der Waals surface area contributed by atoms with Crippen molar-refractivity contribution in [1.29, 1.82) is 0 Å². The lowest BCUT2D eigenvalue weighted by Gasteiger charge is -2.27. The number of esters is 1. The Bertz CT molecular complexity index is 869. The van der Waals surface area contributed by atoms with E-state index in [1.165, 1.54) is 24.1 Å². The molecule has 2 aromatic carbocycles. The number of ether oxygens (including phenoxy) is 2. The molecule has 0 aliphatic rings. The van der Waals surface area contributed by atoms with Gasteiger partial charge in [-0.15, -0.1) is 0 Å². The predicted octanol–water partition coefficient (Wildman–Crippen LogP) is 5.43. The Labute approximate surface area is 173 Å². The number of hydrogen-bond acceptors (Lipinski definition) is 4. The number of benzene rings is 2. The number of nitrogens with zero attached hydrogens (tertiary/aromatic N) is 1. The Kier molecular flexibility index (Phi) is 7.12. The van der Waals surface area contributed by atoms with Gasteiger partial charge in [0.1, 0.15) is 5.60 Å². The van der Waals surface area contributed by atoms with E-state index in [0.717, 1.165) is 17.7 Å². The Morgan fingerprint density at radius 2 is 1.33 bits per heavy atom. The van der Waals surface area contributed by atoms with Crippen LogP contribution in [0.2, 0.25) is 0 Å². The molecule has 0 unspecified atom stereocenters. The van der Waals surface area contributed by atoms with Gasteiger partial charge < -0.3 is 9.47 Å². The Balaban J connectivity index is 2.22. The second-order valence-corrected chi connectivity index (χ2v) is 7.72. The molecule has 0 N–H and O–H groups in total. The molecule has 0 radical (unpaired) electrons. The van der Waals surface area contributed by atoms with E-state index >= 15 is 0 Å². The van der Waals surface area contributed by atoms with Gasteiger partial charge in [0.05, 0.1) is 18.2 Å². The van der Waals surface area contributed by atoms with Gasteiger partial charge in [0.2, 0.25) is 0 Å². The van der Waals surface area contributed by atoms with Gasteiger partial charge in [-0.05, 0) is 56.2 Å². The maximum absolute atomic E-state index is 12.8. The third kappa shape index (κ3) is 6.79. The van der Waals surface area contributed by atoms with E-state index in [9.17, 15) is 22.8 Å². The highest BCUT2D eigenvalue weighted by atomic mass is 19.4. The quantitative estimate of drug-likeness (QED) is 0.602. The van der Waals surface area contributed by atoms with Gasteiger partial charge in [-0.3, -0.25) is 4.90 Å². The minimum absolute atomic E-state index is 0.0613. The third-order valence-corrected chi connectivity index (χ3v) is 4.05. The fourth-order valence-corrected chi connectivity index (χ4v) is 2.62. The zero-order chi connectivity index (χ0) is 22.5. The van der Waals surface area contributed by atoms with Crippen LogP contribution < -0.4 is 0 Å². The fraction of sp³-hybridized carbons (Fsp3) is 0.364. The first-order valence-corrected chi connectivity index (χ1v) is 9.20. The summed E-state index contributed by atoms with van der Waals surface area (Å²) in [6.45, 7) is 5.40. The molecular formula is C22H24F3NO4. The van der Waals surface area contributed by atoms with E-state index in [-0.39, 0.29) is 13.1 Å². The molecule has 0 atom stereocenters. The summed E-state index contributed by atoms with van der Waals surface area (Å²) >= 11 is 0. The molecule has 1 amide bonds. The SMILES string of the molecule is COC(=O)c1ccc(CN(Cc2ccc(C(F)(F)F)cc2)C(=O)OC(C)(C)C)cc1. The standard InChI is InChI=1S/C22H24F3NO4/c1-21(2,3)30-20(28)26(13-15-5-9-17(10-6-15)19(27)29-4)14-16-7-11-18(12-8-16)22(23,24)25/h5-12H,13-14H2,1-4H3. The van der Waals surface area contributed by atoms with Crippen molar-refractivity contribution in [3.8, 4) is 0 Å². The van der Waals surface area contributed by atoms with Crippen molar-refractivity contribution < 1.29 is 32.2 Å². The molecular weight excluding hydrogens is 399 g/mol. The molecule has 5 nitrogen and oxygen atoms in total.